The van der Waals surface area contributed by atoms with Crippen LogP contribution in [0.25, 0.3) is 0 Å². The van der Waals surface area contributed by atoms with Crippen LogP contribution in [0.15, 0.2) is 18.2 Å². The molecule has 0 heterocycles. The van der Waals surface area contributed by atoms with Crippen molar-refractivity contribution in [2.24, 2.45) is 0 Å². The number of rotatable bonds is 6. The Hall–Kier alpha value is -1.69. The van der Waals surface area contributed by atoms with Crippen LogP contribution in [0.3, 0.4) is 0 Å². The molecular weight excluding hydrogens is 212 g/mol. The Morgan fingerprint density at radius 2 is 2.18 bits per heavy atom. The molecule has 0 radical (unpaired) electrons. The average Bonchev–Trinajstić information content (AvgIpc) is 2.34. The number of nitrogens with zero attached hydrogens (tertiary/aromatic N) is 1. The summed E-state index contributed by atoms with van der Waals surface area (Å²) < 4.78 is 5.33. The first-order valence-electron chi connectivity index (χ1n) is 5.97. The minimum absolute atomic E-state index is 0.436. The average molecular weight is 232 g/mol. The zero-order valence-electron chi connectivity index (χ0n) is 10.8. The summed E-state index contributed by atoms with van der Waals surface area (Å²) in [5, 5.41) is 11.8. The highest BCUT2D eigenvalue weighted by atomic mass is 16.5. The normalized spacial score (nSPS) is 10.1. The molecule has 0 saturated carbocycles. The van der Waals surface area contributed by atoms with Crippen LogP contribution in [0.1, 0.15) is 38.2 Å². The lowest BCUT2D eigenvalue weighted by Crippen LogP contribution is -2.02. The molecular formula is C14H20N2O. The molecule has 0 aliphatic heterocycles. The van der Waals surface area contributed by atoms with Crippen molar-refractivity contribution in [1.82, 2.24) is 0 Å². The SMILES string of the molecule is COc1ccc(NCCCC#N)cc1C(C)C. The summed E-state index contributed by atoms with van der Waals surface area (Å²) in [6.45, 7) is 5.13. The second kappa shape index (κ2) is 6.80. The monoisotopic (exact) mass is 232 g/mol. The number of methoxy groups -OCH3 is 1. The molecule has 1 N–H and O–H groups in total. The molecule has 0 spiro atoms. The van der Waals surface area contributed by atoms with Gasteiger partial charge in [0.25, 0.3) is 0 Å². The van der Waals surface area contributed by atoms with Gasteiger partial charge >= 0.3 is 0 Å². The van der Waals surface area contributed by atoms with Gasteiger partial charge in [-0.2, -0.15) is 5.26 Å². The summed E-state index contributed by atoms with van der Waals surface area (Å²) in [5.41, 5.74) is 2.30. The van der Waals surface area contributed by atoms with Crippen LogP contribution in [0.2, 0.25) is 0 Å². The first kappa shape index (κ1) is 13.4. The van der Waals surface area contributed by atoms with Crippen LogP contribution in [0.5, 0.6) is 5.75 Å². The molecule has 0 saturated heterocycles. The van der Waals surface area contributed by atoms with Crippen molar-refractivity contribution in [2.75, 3.05) is 19.0 Å². The van der Waals surface area contributed by atoms with Gasteiger partial charge in [-0.05, 0) is 36.1 Å². The topological polar surface area (TPSA) is 45.0 Å². The van der Waals surface area contributed by atoms with E-state index in [4.69, 9.17) is 10.00 Å². The van der Waals surface area contributed by atoms with E-state index in [1.54, 1.807) is 7.11 Å². The standard InChI is InChI=1S/C14H20N2O/c1-11(2)13-10-12(6-7-14(13)17-3)16-9-5-4-8-15/h6-7,10-11,16H,4-5,9H2,1-3H3. The first-order valence-corrected chi connectivity index (χ1v) is 5.97. The zero-order chi connectivity index (χ0) is 12.7. The van der Waals surface area contributed by atoms with Crippen LogP contribution < -0.4 is 10.1 Å². The second-order valence-electron chi connectivity index (χ2n) is 4.30. The molecule has 0 bridgehead atoms. The maximum atomic E-state index is 8.45. The number of hydrogen-bond donors (Lipinski definition) is 1. The van der Waals surface area contributed by atoms with Crippen molar-refractivity contribution < 1.29 is 4.74 Å². The van der Waals surface area contributed by atoms with E-state index in [2.05, 4.69) is 31.3 Å². The minimum Gasteiger partial charge on any atom is -0.496 e. The second-order valence-corrected chi connectivity index (χ2v) is 4.30. The molecule has 0 unspecified atom stereocenters. The smallest absolute Gasteiger partial charge is 0.122 e. The lowest BCUT2D eigenvalue weighted by molar-refractivity contribution is 0.407. The van der Waals surface area contributed by atoms with Gasteiger partial charge in [0.1, 0.15) is 5.75 Å². The van der Waals surface area contributed by atoms with Crippen molar-refractivity contribution in [3.8, 4) is 11.8 Å². The Kier molecular flexibility index (Phi) is 5.35. The third-order valence-corrected chi connectivity index (χ3v) is 2.65. The van der Waals surface area contributed by atoms with E-state index in [9.17, 15) is 0 Å². The largest absolute Gasteiger partial charge is 0.496 e. The van der Waals surface area contributed by atoms with Gasteiger partial charge in [-0.1, -0.05) is 13.8 Å². The highest BCUT2D eigenvalue weighted by molar-refractivity contribution is 5.52. The summed E-state index contributed by atoms with van der Waals surface area (Å²) in [4.78, 5) is 0. The minimum atomic E-state index is 0.436. The molecule has 1 rings (SSSR count). The Morgan fingerprint density at radius 1 is 1.41 bits per heavy atom. The van der Waals surface area contributed by atoms with E-state index in [0.717, 1.165) is 24.4 Å². The highest BCUT2D eigenvalue weighted by Crippen LogP contribution is 2.29. The van der Waals surface area contributed by atoms with Gasteiger partial charge in [0.2, 0.25) is 0 Å². The van der Waals surface area contributed by atoms with E-state index in [1.807, 2.05) is 12.1 Å². The van der Waals surface area contributed by atoms with Gasteiger partial charge in [-0.15, -0.1) is 0 Å². The molecule has 92 valence electrons. The number of benzene rings is 1. The molecule has 1 aromatic rings. The molecule has 0 fully saturated rings. The Morgan fingerprint density at radius 3 is 2.76 bits per heavy atom. The molecule has 1 aromatic carbocycles. The van der Waals surface area contributed by atoms with Crippen molar-refractivity contribution in [3.05, 3.63) is 23.8 Å². The molecule has 0 aromatic heterocycles. The predicted molar refractivity (Wildman–Crippen MR) is 70.4 cm³/mol. The summed E-state index contributed by atoms with van der Waals surface area (Å²) in [6.07, 6.45) is 1.47. The molecule has 0 amide bonds. The highest BCUT2D eigenvalue weighted by Gasteiger charge is 2.07. The summed E-state index contributed by atoms with van der Waals surface area (Å²) >= 11 is 0. The summed E-state index contributed by atoms with van der Waals surface area (Å²) in [6, 6.07) is 8.26. The van der Waals surface area contributed by atoms with Crippen molar-refractivity contribution >= 4 is 5.69 Å². The first-order chi connectivity index (χ1) is 8.19. The van der Waals surface area contributed by atoms with E-state index < -0.39 is 0 Å². The number of anilines is 1. The summed E-state index contributed by atoms with van der Waals surface area (Å²) in [7, 11) is 1.70. The molecule has 0 aliphatic carbocycles. The zero-order valence-corrected chi connectivity index (χ0v) is 10.8. The maximum absolute atomic E-state index is 8.45. The molecule has 3 nitrogen and oxygen atoms in total. The van der Waals surface area contributed by atoms with Gasteiger partial charge in [-0.3, -0.25) is 0 Å². The fourth-order valence-electron chi connectivity index (χ4n) is 1.70. The number of hydrogen-bond acceptors (Lipinski definition) is 3. The fourth-order valence-corrected chi connectivity index (χ4v) is 1.70. The number of nitrogens with one attached hydrogen (secondary N) is 1. The molecule has 0 atom stereocenters. The van der Waals surface area contributed by atoms with Gasteiger partial charge in [-0.25, -0.2) is 0 Å². The van der Waals surface area contributed by atoms with E-state index in [1.165, 1.54) is 5.56 Å². The van der Waals surface area contributed by atoms with Crippen molar-refractivity contribution in [3.63, 3.8) is 0 Å². The third-order valence-electron chi connectivity index (χ3n) is 2.65. The van der Waals surface area contributed by atoms with Crippen LogP contribution in [-0.2, 0) is 0 Å². The van der Waals surface area contributed by atoms with Gasteiger partial charge < -0.3 is 10.1 Å². The molecule has 0 aliphatic rings. The van der Waals surface area contributed by atoms with Crippen LogP contribution in [-0.4, -0.2) is 13.7 Å². The van der Waals surface area contributed by atoms with Crippen molar-refractivity contribution in [2.45, 2.75) is 32.6 Å². The number of ether oxygens (including phenoxy) is 1. The Balaban J connectivity index is 2.68. The van der Waals surface area contributed by atoms with E-state index in [-0.39, 0.29) is 0 Å². The maximum Gasteiger partial charge on any atom is 0.122 e. The Labute approximate surface area is 103 Å². The number of unbranched alkanes of at least 4 members (excludes halogenated alkanes) is 1. The Bertz CT molecular complexity index is 394. The lowest BCUT2D eigenvalue weighted by Gasteiger charge is -2.14. The fraction of sp³-hybridized carbons (Fsp3) is 0.500. The number of nitriles is 1. The molecule has 3 heteroatoms. The predicted octanol–water partition coefficient (Wildman–Crippen LogP) is 3.53. The molecule has 17 heavy (non-hydrogen) atoms. The quantitative estimate of drug-likeness (QED) is 0.763. The van der Waals surface area contributed by atoms with Gasteiger partial charge in [0.15, 0.2) is 0 Å². The van der Waals surface area contributed by atoms with Crippen LogP contribution >= 0.6 is 0 Å². The lowest BCUT2D eigenvalue weighted by atomic mass is 10.0. The summed E-state index contributed by atoms with van der Waals surface area (Å²) in [5.74, 6) is 1.37. The third kappa shape index (κ3) is 3.99. The van der Waals surface area contributed by atoms with Crippen LogP contribution in [0, 0.1) is 11.3 Å². The van der Waals surface area contributed by atoms with E-state index >= 15 is 0 Å². The van der Waals surface area contributed by atoms with Gasteiger partial charge in [0.05, 0.1) is 13.2 Å². The van der Waals surface area contributed by atoms with E-state index in [0.29, 0.717) is 12.3 Å². The van der Waals surface area contributed by atoms with Gasteiger partial charge in [0, 0.05) is 18.7 Å². The van der Waals surface area contributed by atoms with Crippen LogP contribution in [0.4, 0.5) is 5.69 Å². The van der Waals surface area contributed by atoms with Crippen molar-refractivity contribution in [1.29, 1.82) is 5.26 Å².